The van der Waals surface area contributed by atoms with Crippen molar-refractivity contribution in [2.75, 3.05) is 12.4 Å². The molecule has 1 saturated carbocycles. The molecule has 0 radical (unpaired) electrons. The van der Waals surface area contributed by atoms with E-state index in [4.69, 9.17) is 14.0 Å². The number of amides is 2. The van der Waals surface area contributed by atoms with Gasteiger partial charge in [0.15, 0.2) is 5.75 Å². The van der Waals surface area contributed by atoms with Gasteiger partial charge in [0.1, 0.15) is 22.8 Å². The molecule has 43 heavy (non-hydrogen) atoms. The fourth-order valence-corrected chi connectivity index (χ4v) is 6.21. The molecule has 3 aliphatic rings. The first-order valence-electron chi connectivity index (χ1n) is 14.1. The van der Waals surface area contributed by atoms with Crippen molar-refractivity contribution < 1.29 is 46.6 Å². The number of para-hydroxylation sites is 2. The van der Waals surface area contributed by atoms with Gasteiger partial charge in [0.2, 0.25) is 0 Å². The number of urea groups is 1. The van der Waals surface area contributed by atoms with Crippen LogP contribution in [0.25, 0.3) is 11.3 Å². The Morgan fingerprint density at radius 3 is 2.44 bits per heavy atom. The number of benzene rings is 2. The van der Waals surface area contributed by atoms with E-state index in [9.17, 15) is 27.9 Å². The highest BCUT2D eigenvalue weighted by molar-refractivity contribution is 5.97. The quantitative estimate of drug-likeness (QED) is 0.282. The number of aromatic nitrogens is 1. The lowest BCUT2D eigenvalue weighted by atomic mass is 9.99. The second-order valence-corrected chi connectivity index (χ2v) is 11.0. The minimum absolute atomic E-state index is 0.0540. The summed E-state index contributed by atoms with van der Waals surface area (Å²) in [6, 6.07) is 9.83. The van der Waals surface area contributed by atoms with Gasteiger partial charge in [-0.1, -0.05) is 23.4 Å². The van der Waals surface area contributed by atoms with Crippen LogP contribution in [0, 0.1) is 0 Å². The number of nitrogens with zero attached hydrogens (tertiary/aromatic N) is 2. The first kappa shape index (κ1) is 28.8. The van der Waals surface area contributed by atoms with Crippen molar-refractivity contribution in [1.82, 2.24) is 10.1 Å². The first-order valence-corrected chi connectivity index (χ1v) is 14.1. The predicted octanol–water partition coefficient (Wildman–Crippen LogP) is 6.57. The molecule has 2 unspecified atom stereocenters. The number of hydrogen-bond donors (Lipinski definition) is 2. The molecule has 1 aliphatic carbocycles. The van der Waals surface area contributed by atoms with Crippen molar-refractivity contribution in [3.63, 3.8) is 0 Å². The number of ether oxygens (including phenoxy) is 3. The monoisotopic (exact) mass is 601 g/mol. The molecule has 0 spiro atoms. The standard InChI is InChI=1S/C30H30F3N3O7/c1-40-27-21(28(37)38)6-4-7-23(27)34-29(39)36-17-11-12-18(36)14-19(13-17)41-15-22-25(35-43-26(22)16-9-10-16)20-5-2-3-8-24(20)42-30(31,32)33/h2-8,16-19H,9-15H2,1H3,(H,34,39)(H,37,38). The van der Waals surface area contributed by atoms with Crippen molar-refractivity contribution in [3.8, 4) is 22.8 Å². The number of carbonyl (C=O) groups is 2. The minimum Gasteiger partial charge on any atom is -0.494 e. The van der Waals surface area contributed by atoms with Gasteiger partial charge in [-0.15, -0.1) is 13.2 Å². The number of alkyl halides is 3. The third-order valence-corrected chi connectivity index (χ3v) is 8.21. The molecule has 3 aromatic rings. The Morgan fingerprint density at radius 2 is 1.79 bits per heavy atom. The number of piperidine rings is 1. The Hall–Kier alpha value is -4.26. The van der Waals surface area contributed by atoms with Crippen molar-refractivity contribution in [2.24, 2.45) is 0 Å². The minimum atomic E-state index is -4.86. The predicted molar refractivity (Wildman–Crippen MR) is 146 cm³/mol. The zero-order valence-corrected chi connectivity index (χ0v) is 23.2. The topological polar surface area (TPSA) is 123 Å². The molecule has 10 nitrogen and oxygen atoms in total. The third kappa shape index (κ3) is 5.99. The molecular formula is C30H30F3N3O7. The fraction of sp³-hybridized carbons (Fsp3) is 0.433. The molecule has 2 saturated heterocycles. The first-order chi connectivity index (χ1) is 20.6. The SMILES string of the molecule is COc1c(NC(=O)N2C3CCC2CC(OCc2c(-c4ccccc4OC(F)(F)F)noc2C2CC2)C3)cccc1C(=O)O. The summed E-state index contributed by atoms with van der Waals surface area (Å²) < 4.78 is 60.8. The van der Waals surface area contributed by atoms with Gasteiger partial charge < -0.3 is 34.1 Å². The number of rotatable bonds is 9. The zero-order valence-electron chi connectivity index (χ0n) is 23.2. The Labute approximate surface area is 244 Å². The highest BCUT2D eigenvalue weighted by Gasteiger charge is 2.44. The van der Waals surface area contributed by atoms with E-state index in [0.29, 0.717) is 24.2 Å². The van der Waals surface area contributed by atoms with E-state index >= 15 is 0 Å². The summed E-state index contributed by atoms with van der Waals surface area (Å²) in [6.45, 7) is 0.0977. The van der Waals surface area contributed by atoms with E-state index in [1.54, 1.807) is 23.1 Å². The van der Waals surface area contributed by atoms with Crippen LogP contribution >= 0.6 is 0 Å². The largest absolute Gasteiger partial charge is 0.573 e. The summed E-state index contributed by atoms with van der Waals surface area (Å²) in [5.41, 5.74) is 1.26. The summed E-state index contributed by atoms with van der Waals surface area (Å²) in [5, 5.41) is 16.4. The van der Waals surface area contributed by atoms with Gasteiger partial charge >= 0.3 is 18.4 Å². The number of hydrogen-bond acceptors (Lipinski definition) is 7. The van der Waals surface area contributed by atoms with Gasteiger partial charge in [-0.3, -0.25) is 0 Å². The lowest BCUT2D eigenvalue weighted by molar-refractivity contribution is -0.274. The molecule has 2 N–H and O–H groups in total. The number of nitrogens with one attached hydrogen (secondary N) is 1. The van der Waals surface area contributed by atoms with Crippen LogP contribution in [0.15, 0.2) is 47.0 Å². The van der Waals surface area contributed by atoms with Crippen molar-refractivity contribution in [3.05, 3.63) is 59.4 Å². The van der Waals surface area contributed by atoms with Crippen LogP contribution in [0.2, 0.25) is 0 Å². The van der Waals surface area contributed by atoms with Gasteiger partial charge in [-0.05, 0) is 62.8 Å². The maximum atomic E-state index is 13.3. The number of carboxylic acids is 1. The Balaban J connectivity index is 1.16. The van der Waals surface area contributed by atoms with E-state index < -0.39 is 12.3 Å². The Bertz CT molecular complexity index is 1510. The molecule has 6 rings (SSSR count). The third-order valence-electron chi connectivity index (χ3n) is 8.21. The highest BCUT2D eigenvalue weighted by Crippen LogP contribution is 2.46. The number of anilines is 1. The summed E-state index contributed by atoms with van der Waals surface area (Å²) in [5.74, 6) is -0.687. The van der Waals surface area contributed by atoms with E-state index in [-0.39, 0.29) is 70.8 Å². The molecule has 2 bridgehead atoms. The van der Waals surface area contributed by atoms with Crippen LogP contribution in [0.3, 0.4) is 0 Å². The van der Waals surface area contributed by atoms with Crippen LogP contribution in [-0.4, -0.2) is 58.8 Å². The summed E-state index contributed by atoms with van der Waals surface area (Å²) in [4.78, 5) is 26.7. The number of halogens is 3. The maximum Gasteiger partial charge on any atom is 0.573 e. The summed E-state index contributed by atoms with van der Waals surface area (Å²) in [6.07, 6.45) is -0.522. The smallest absolute Gasteiger partial charge is 0.494 e. The van der Waals surface area contributed by atoms with E-state index in [1.807, 2.05) is 0 Å². The number of fused-ring (bicyclic) bond motifs is 2. The Morgan fingerprint density at radius 1 is 1.07 bits per heavy atom. The lowest BCUT2D eigenvalue weighted by Gasteiger charge is -2.38. The molecule has 2 atom stereocenters. The van der Waals surface area contributed by atoms with Crippen molar-refractivity contribution in [2.45, 2.75) is 75.6 Å². The molecule has 3 fully saturated rings. The van der Waals surface area contributed by atoms with Crippen LogP contribution < -0.4 is 14.8 Å². The normalized spacial score (nSPS) is 21.5. The number of methoxy groups -OCH3 is 1. The van der Waals surface area contributed by atoms with Gasteiger partial charge in [-0.25, -0.2) is 9.59 Å². The molecule has 2 aliphatic heterocycles. The highest BCUT2D eigenvalue weighted by atomic mass is 19.4. The summed E-state index contributed by atoms with van der Waals surface area (Å²) in [7, 11) is 1.35. The van der Waals surface area contributed by atoms with Gasteiger partial charge in [0, 0.05) is 29.1 Å². The van der Waals surface area contributed by atoms with Gasteiger partial charge in [0.05, 0.1) is 25.5 Å². The average molecular weight is 602 g/mol. The Kier molecular flexibility index (Phi) is 7.67. The maximum absolute atomic E-state index is 13.3. The van der Waals surface area contributed by atoms with Crippen LogP contribution in [-0.2, 0) is 11.3 Å². The van der Waals surface area contributed by atoms with Crippen molar-refractivity contribution >= 4 is 17.7 Å². The van der Waals surface area contributed by atoms with E-state index in [1.165, 1.54) is 31.4 Å². The molecule has 13 heteroatoms. The molecule has 228 valence electrons. The lowest BCUT2D eigenvalue weighted by Crippen LogP contribution is -2.50. The second-order valence-electron chi connectivity index (χ2n) is 11.0. The number of carboxylic acid groups (broad SMARTS) is 1. The zero-order chi connectivity index (χ0) is 30.3. The summed E-state index contributed by atoms with van der Waals surface area (Å²) >= 11 is 0. The van der Waals surface area contributed by atoms with Crippen molar-refractivity contribution in [1.29, 1.82) is 0 Å². The van der Waals surface area contributed by atoms with E-state index in [0.717, 1.165) is 25.7 Å². The van der Waals surface area contributed by atoms with Gasteiger partial charge in [-0.2, -0.15) is 0 Å². The molecule has 3 heterocycles. The molecular weight excluding hydrogens is 571 g/mol. The van der Waals surface area contributed by atoms with Gasteiger partial charge in [0.25, 0.3) is 0 Å². The average Bonchev–Trinajstić information content (AvgIpc) is 3.66. The number of aromatic carboxylic acids is 1. The van der Waals surface area contributed by atoms with Crippen LogP contribution in [0.5, 0.6) is 11.5 Å². The number of carbonyl (C=O) groups excluding carboxylic acids is 1. The molecule has 2 aromatic carbocycles. The van der Waals surface area contributed by atoms with Crippen LogP contribution in [0.1, 0.15) is 66.1 Å². The second kappa shape index (κ2) is 11.4. The van der Waals surface area contributed by atoms with Crippen LogP contribution in [0.4, 0.5) is 23.7 Å². The molecule has 2 amide bonds. The van der Waals surface area contributed by atoms with E-state index in [2.05, 4.69) is 15.2 Å². The fourth-order valence-electron chi connectivity index (χ4n) is 6.21. The molecule has 1 aromatic heterocycles.